The molecule has 0 fully saturated rings. The normalized spacial score (nSPS) is 11.1. The van der Waals surface area contributed by atoms with Crippen LogP contribution < -0.4 is 17.2 Å². The lowest BCUT2D eigenvalue weighted by molar-refractivity contribution is 1.22. The lowest BCUT2D eigenvalue weighted by Gasteiger charge is -2.07. The molecule has 0 spiro atoms. The van der Waals surface area contributed by atoms with Crippen LogP contribution in [0.15, 0.2) is 212 Å². The summed E-state index contributed by atoms with van der Waals surface area (Å²) >= 11 is 0. The Hall–Kier alpha value is -6.16. The Balaban J connectivity index is 0.000000686. The molecule has 5 aromatic rings. The molecule has 3 heteroatoms. The number of allylic oxidation sites excluding steroid dienone is 13. The van der Waals surface area contributed by atoms with Crippen LogP contribution in [0, 0.1) is 6.92 Å². The van der Waals surface area contributed by atoms with E-state index in [1.807, 2.05) is 74.5 Å². The fraction of sp³-hybridized carbons (Fsp3) is 0.154. The van der Waals surface area contributed by atoms with Gasteiger partial charge in [-0.2, -0.15) is 0 Å². The van der Waals surface area contributed by atoms with Gasteiger partial charge in [-0.1, -0.05) is 209 Å². The largest absolute Gasteiger partial charge is 0.399 e. The second-order valence-corrected chi connectivity index (χ2v) is 11.8. The van der Waals surface area contributed by atoms with E-state index in [-0.39, 0.29) is 0 Å². The summed E-state index contributed by atoms with van der Waals surface area (Å²) in [6, 6.07) is 46.8. The first kappa shape index (κ1) is 46.9. The lowest BCUT2D eigenvalue weighted by atomic mass is 9.97. The molecule has 0 saturated carbocycles. The number of anilines is 2. The Kier molecular flexibility index (Phi) is 25.8. The molecule has 0 unspecified atom stereocenters. The van der Waals surface area contributed by atoms with E-state index in [0.717, 1.165) is 35.4 Å². The van der Waals surface area contributed by atoms with Gasteiger partial charge in [-0.15, -0.1) is 0 Å². The molecule has 0 radical (unpaired) electrons. The number of hydrogen-bond donors (Lipinski definition) is 3. The van der Waals surface area contributed by atoms with Crippen molar-refractivity contribution in [3.05, 3.63) is 229 Å². The zero-order chi connectivity index (χ0) is 40.5. The van der Waals surface area contributed by atoms with E-state index in [0.29, 0.717) is 0 Å². The first-order valence-corrected chi connectivity index (χ1v) is 19.0. The van der Waals surface area contributed by atoms with Crippen LogP contribution in [0.4, 0.5) is 11.4 Å². The van der Waals surface area contributed by atoms with Crippen LogP contribution in [0.25, 0.3) is 22.3 Å². The van der Waals surface area contributed by atoms with Crippen molar-refractivity contribution in [3.8, 4) is 11.1 Å². The van der Waals surface area contributed by atoms with Crippen molar-refractivity contribution >= 4 is 22.5 Å². The number of rotatable bonds is 11. The van der Waals surface area contributed by atoms with E-state index in [1.165, 1.54) is 40.4 Å². The molecule has 0 amide bonds. The summed E-state index contributed by atoms with van der Waals surface area (Å²) in [7, 11) is 1.50. The number of benzene rings is 5. The first-order valence-electron chi connectivity index (χ1n) is 19.0. The molecular weight excluding hydrogens is 667 g/mol. The maximum absolute atomic E-state index is 5.36. The van der Waals surface area contributed by atoms with Crippen molar-refractivity contribution < 1.29 is 0 Å². The average Bonchev–Trinajstić information content (AvgIpc) is 3.24. The molecule has 0 aliphatic carbocycles. The maximum Gasteiger partial charge on any atom is 0.0313 e. The zero-order valence-electron chi connectivity index (χ0n) is 33.9. The fourth-order valence-corrected chi connectivity index (χ4v) is 4.85. The minimum Gasteiger partial charge on any atom is -0.399 e. The number of nitrogen functional groups attached to an aromatic ring is 2. The second kappa shape index (κ2) is 30.3. The molecule has 0 aliphatic rings. The summed E-state index contributed by atoms with van der Waals surface area (Å²) in [4.78, 5) is 0. The quantitative estimate of drug-likeness (QED) is 0.0935. The van der Waals surface area contributed by atoms with Gasteiger partial charge in [0.05, 0.1) is 0 Å². The molecule has 6 N–H and O–H groups in total. The Morgan fingerprint density at radius 2 is 1.09 bits per heavy atom. The number of aryl methyl sites for hydroxylation is 1. The van der Waals surface area contributed by atoms with Gasteiger partial charge in [0.15, 0.2) is 0 Å². The van der Waals surface area contributed by atoms with Crippen LogP contribution in [0.1, 0.15) is 57.2 Å². The van der Waals surface area contributed by atoms with Crippen LogP contribution in [0.3, 0.4) is 0 Å². The minimum absolute atomic E-state index is 0.822. The minimum atomic E-state index is 0.822. The molecule has 0 aromatic heterocycles. The Bertz CT molecular complexity index is 1870. The molecule has 286 valence electrons. The number of nitrogens with two attached hydrogens (primary N) is 3. The van der Waals surface area contributed by atoms with Gasteiger partial charge in [0.25, 0.3) is 0 Å². The van der Waals surface area contributed by atoms with Gasteiger partial charge < -0.3 is 17.2 Å². The third-order valence-electron chi connectivity index (χ3n) is 7.68. The van der Waals surface area contributed by atoms with Crippen LogP contribution >= 0.6 is 0 Å². The molecule has 5 aromatic carbocycles. The van der Waals surface area contributed by atoms with E-state index in [2.05, 4.69) is 173 Å². The number of para-hydroxylation sites is 2. The summed E-state index contributed by atoms with van der Waals surface area (Å²) in [5.41, 5.74) is 26.4. The molecule has 0 atom stereocenters. The average molecular weight is 730 g/mol. The van der Waals surface area contributed by atoms with Crippen molar-refractivity contribution in [3.63, 3.8) is 0 Å². The van der Waals surface area contributed by atoms with Crippen molar-refractivity contribution in [2.75, 3.05) is 18.5 Å². The number of hydrogen-bond acceptors (Lipinski definition) is 3. The Morgan fingerprint density at radius 3 is 1.58 bits per heavy atom. The van der Waals surface area contributed by atoms with Crippen LogP contribution in [-0.4, -0.2) is 7.05 Å². The molecule has 55 heavy (non-hydrogen) atoms. The summed E-state index contributed by atoms with van der Waals surface area (Å²) in [5, 5.41) is 0. The standard InChI is InChI=1S/C37H38.2C6H7N.C2H6.CH5N/c1-5-7-8-13-22-37(35-26-24-34(25-27-35)33-20-14-10-15-21-33)29-32(6-2)19-12-9-11-18-31(4)36-23-16-17-30(3)28-36;2*7-6-4-2-1-3-5-6;2*1-2/h6-18,20-29H,4-5,19H2,1-3H3;2*1-5H,7H2;1-2H3;2H2,1H3/b8-7-,12-9-,18-11-,22-13-,32-6-,37-29-;;;;. The van der Waals surface area contributed by atoms with Crippen molar-refractivity contribution in [2.45, 2.75) is 47.5 Å². The predicted molar refractivity (Wildman–Crippen MR) is 248 cm³/mol. The summed E-state index contributed by atoms with van der Waals surface area (Å²) in [5.74, 6) is 0. The van der Waals surface area contributed by atoms with Gasteiger partial charge in [-0.05, 0) is 97.0 Å². The molecular formula is C52H63N3. The van der Waals surface area contributed by atoms with E-state index in [9.17, 15) is 0 Å². The van der Waals surface area contributed by atoms with E-state index < -0.39 is 0 Å². The van der Waals surface area contributed by atoms with Crippen LogP contribution in [0.2, 0.25) is 0 Å². The van der Waals surface area contributed by atoms with Crippen molar-refractivity contribution in [1.82, 2.24) is 0 Å². The smallest absolute Gasteiger partial charge is 0.0313 e. The summed E-state index contributed by atoms with van der Waals surface area (Å²) in [6.45, 7) is 14.6. The topological polar surface area (TPSA) is 78.1 Å². The van der Waals surface area contributed by atoms with Gasteiger partial charge in [0.1, 0.15) is 0 Å². The highest BCUT2D eigenvalue weighted by Gasteiger charge is 2.02. The highest BCUT2D eigenvalue weighted by atomic mass is 14.5. The predicted octanol–water partition coefficient (Wildman–Crippen LogP) is 13.9. The molecule has 0 heterocycles. The maximum atomic E-state index is 5.36. The third kappa shape index (κ3) is 20.6. The zero-order valence-corrected chi connectivity index (χ0v) is 33.9. The van der Waals surface area contributed by atoms with Gasteiger partial charge in [0, 0.05) is 11.4 Å². The summed E-state index contributed by atoms with van der Waals surface area (Å²) in [6.07, 6.45) is 23.4. The summed E-state index contributed by atoms with van der Waals surface area (Å²) < 4.78 is 0. The Labute approximate surface area is 333 Å². The van der Waals surface area contributed by atoms with Crippen molar-refractivity contribution in [1.29, 1.82) is 0 Å². The van der Waals surface area contributed by atoms with Gasteiger partial charge in [-0.3, -0.25) is 0 Å². The van der Waals surface area contributed by atoms with Crippen LogP contribution in [-0.2, 0) is 0 Å². The highest BCUT2D eigenvalue weighted by Crippen LogP contribution is 2.25. The molecule has 0 aliphatic heterocycles. The fourth-order valence-electron chi connectivity index (χ4n) is 4.85. The third-order valence-corrected chi connectivity index (χ3v) is 7.68. The van der Waals surface area contributed by atoms with E-state index in [4.69, 9.17) is 11.5 Å². The molecule has 0 saturated heterocycles. The monoisotopic (exact) mass is 730 g/mol. The van der Waals surface area contributed by atoms with Crippen molar-refractivity contribution in [2.24, 2.45) is 5.73 Å². The lowest BCUT2D eigenvalue weighted by Crippen LogP contribution is -1.85. The SMILES string of the molecule is C=C(/C=C\C=C/CC(=C/C)/C=C(/C=C\C=C/CC)c1ccc(-c2ccccc2)cc1)c1cccc(C)c1.CC.CN.Nc1ccccc1.Nc1ccccc1. The highest BCUT2D eigenvalue weighted by molar-refractivity contribution is 5.78. The van der Waals surface area contributed by atoms with Crippen LogP contribution in [0.5, 0.6) is 0 Å². The molecule has 5 rings (SSSR count). The van der Waals surface area contributed by atoms with Gasteiger partial charge in [-0.25, -0.2) is 0 Å². The van der Waals surface area contributed by atoms with Gasteiger partial charge >= 0.3 is 0 Å². The van der Waals surface area contributed by atoms with Gasteiger partial charge in [0.2, 0.25) is 0 Å². The molecule has 3 nitrogen and oxygen atoms in total. The first-order chi connectivity index (χ1) is 26.9. The Morgan fingerprint density at radius 1 is 0.582 bits per heavy atom. The second-order valence-electron chi connectivity index (χ2n) is 11.8. The van der Waals surface area contributed by atoms with E-state index >= 15 is 0 Å². The molecule has 0 bridgehead atoms. The van der Waals surface area contributed by atoms with E-state index in [1.54, 1.807) is 0 Å².